The van der Waals surface area contributed by atoms with Gasteiger partial charge in [0.1, 0.15) is 5.75 Å². The maximum absolute atomic E-state index is 9.01. The van der Waals surface area contributed by atoms with Crippen LogP contribution in [0.4, 0.5) is 0 Å². The fraction of sp³-hybridized carbons (Fsp3) is 0.500. The van der Waals surface area contributed by atoms with Crippen molar-refractivity contribution in [3.05, 3.63) is 24.0 Å². The summed E-state index contributed by atoms with van der Waals surface area (Å²) in [6.07, 6.45) is 1.41. The van der Waals surface area contributed by atoms with Crippen LogP contribution in [0.25, 0.3) is 0 Å². The number of hydrogen-bond donors (Lipinski definition) is 3. The highest BCUT2D eigenvalue weighted by Gasteiger charge is 2.14. The Labute approximate surface area is 83.6 Å². The van der Waals surface area contributed by atoms with Crippen molar-refractivity contribution in [1.29, 1.82) is 0 Å². The second-order valence-electron chi connectivity index (χ2n) is 3.90. The van der Waals surface area contributed by atoms with E-state index in [0.717, 1.165) is 5.69 Å². The lowest BCUT2D eigenvalue weighted by Gasteiger charge is -2.23. The van der Waals surface area contributed by atoms with E-state index < -0.39 is 0 Å². The van der Waals surface area contributed by atoms with Gasteiger partial charge < -0.3 is 15.5 Å². The maximum atomic E-state index is 9.01. The molecule has 1 aromatic heterocycles. The topological polar surface area (TPSA) is 65.4 Å². The molecule has 0 aromatic carbocycles. The molecule has 14 heavy (non-hydrogen) atoms. The molecule has 0 amide bonds. The third-order valence-electron chi connectivity index (χ3n) is 1.95. The average molecular weight is 196 g/mol. The molecule has 4 nitrogen and oxygen atoms in total. The summed E-state index contributed by atoms with van der Waals surface area (Å²) in [5.74, 6) is 0.162. The Morgan fingerprint density at radius 1 is 1.43 bits per heavy atom. The zero-order valence-corrected chi connectivity index (χ0v) is 8.49. The number of rotatable bonds is 4. The van der Waals surface area contributed by atoms with E-state index in [1.165, 1.54) is 6.20 Å². The molecule has 0 atom stereocenters. The van der Waals surface area contributed by atoms with Crippen LogP contribution in [0.5, 0.6) is 5.75 Å². The lowest BCUT2D eigenvalue weighted by atomic mass is 10.1. The highest BCUT2D eigenvalue weighted by molar-refractivity contribution is 5.17. The second kappa shape index (κ2) is 4.39. The van der Waals surface area contributed by atoms with Crippen molar-refractivity contribution in [2.45, 2.75) is 25.9 Å². The summed E-state index contributed by atoms with van der Waals surface area (Å²) in [7, 11) is 0. The van der Waals surface area contributed by atoms with Crippen molar-refractivity contribution in [3.63, 3.8) is 0 Å². The third kappa shape index (κ3) is 3.32. The van der Waals surface area contributed by atoms with Gasteiger partial charge in [0.15, 0.2) is 0 Å². The van der Waals surface area contributed by atoms with Crippen LogP contribution in [-0.2, 0) is 6.54 Å². The number of pyridine rings is 1. The summed E-state index contributed by atoms with van der Waals surface area (Å²) in [4.78, 5) is 4.02. The SMILES string of the molecule is CC(C)(CO)NCc1ccc(O)cn1. The van der Waals surface area contributed by atoms with Gasteiger partial charge in [0.2, 0.25) is 0 Å². The van der Waals surface area contributed by atoms with Crippen molar-refractivity contribution >= 4 is 0 Å². The molecular weight excluding hydrogens is 180 g/mol. The first kappa shape index (κ1) is 10.9. The number of aromatic nitrogens is 1. The molecule has 0 saturated carbocycles. The molecular formula is C10H16N2O2. The highest BCUT2D eigenvalue weighted by Crippen LogP contribution is 2.07. The van der Waals surface area contributed by atoms with Crippen LogP contribution < -0.4 is 5.32 Å². The second-order valence-corrected chi connectivity index (χ2v) is 3.90. The van der Waals surface area contributed by atoms with Crippen LogP contribution in [0.3, 0.4) is 0 Å². The van der Waals surface area contributed by atoms with E-state index >= 15 is 0 Å². The van der Waals surface area contributed by atoms with E-state index in [1.807, 2.05) is 13.8 Å². The number of nitrogens with one attached hydrogen (secondary N) is 1. The van der Waals surface area contributed by atoms with Crippen LogP contribution in [0.2, 0.25) is 0 Å². The van der Waals surface area contributed by atoms with Crippen LogP contribution in [0.1, 0.15) is 19.5 Å². The van der Waals surface area contributed by atoms with E-state index in [9.17, 15) is 0 Å². The molecule has 0 aliphatic carbocycles. The normalized spacial score (nSPS) is 11.6. The van der Waals surface area contributed by atoms with Crippen molar-refractivity contribution in [3.8, 4) is 5.75 Å². The predicted octanol–water partition coefficient (Wildman–Crippen LogP) is 0.648. The van der Waals surface area contributed by atoms with Gasteiger partial charge in [-0.1, -0.05) is 0 Å². The number of aromatic hydroxyl groups is 1. The quantitative estimate of drug-likeness (QED) is 0.661. The molecule has 0 saturated heterocycles. The smallest absolute Gasteiger partial charge is 0.133 e. The summed E-state index contributed by atoms with van der Waals surface area (Å²) in [6, 6.07) is 3.34. The largest absolute Gasteiger partial charge is 0.506 e. The molecule has 0 aliphatic rings. The Hall–Kier alpha value is -1.13. The number of aliphatic hydroxyl groups is 1. The molecule has 3 N–H and O–H groups in total. The zero-order chi connectivity index (χ0) is 10.6. The Balaban J connectivity index is 2.50. The van der Waals surface area contributed by atoms with Crippen molar-refractivity contribution < 1.29 is 10.2 Å². The van der Waals surface area contributed by atoms with Crippen LogP contribution in [0.15, 0.2) is 18.3 Å². The van der Waals surface area contributed by atoms with Crippen LogP contribution >= 0.6 is 0 Å². The molecule has 0 bridgehead atoms. The molecule has 78 valence electrons. The highest BCUT2D eigenvalue weighted by atomic mass is 16.3. The van der Waals surface area contributed by atoms with E-state index in [0.29, 0.717) is 6.54 Å². The number of nitrogens with zero attached hydrogens (tertiary/aromatic N) is 1. The molecule has 0 unspecified atom stereocenters. The van der Waals surface area contributed by atoms with Crippen molar-refractivity contribution in [2.24, 2.45) is 0 Å². The average Bonchev–Trinajstić information content (AvgIpc) is 2.17. The van der Waals surface area contributed by atoms with Gasteiger partial charge in [-0.05, 0) is 26.0 Å². The third-order valence-corrected chi connectivity index (χ3v) is 1.95. The lowest BCUT2D eigenvalue weighted by molar-refractivity contribution is 0.187. The van der Waals surface area contributed by atoms with Gasteiger partial charge in [0, 0.05) is 12.1 Å². The fourth-order valence-electron chi connectivity index (χ4n) is 0.907. The minimum Gasteiger partial charge on any atom is -0.506 e. The van der Waals surface area contributed by atoms with Gasteiger partial charge in [0.25, 0.3) is 0 Å². The van der Waals surface area contributed by atoms with Gasteiger partial charge in [-0.15, -0.1) is 0 Å². The molecule has 0 spiro atoms. The minimum atomic E-state index is -0.306. The first-order valence-corrected chi connectivity index (χ1v) is 4.53. The summed E-state index contributed by atoms with van der Waals surface area (Å²) in [5.41, 5.74) is 0.531. The number of aliphatic hydroxyl groups excluding tert-OH is 1. The molecule has 1 rings (SSSR count). The van der Waals surface area contributed by atoms with Crippen LogP contribution in [0, 0.1) is 0 Å². The molecule has 0 radical (unpaired) electrons. The Morgan fingerprint density at radius 3 is 2.64 bits per heavy atom. The Bertz CT molecular complexity index is 283. The van der Waals surface area contributed by atoms with E-state index in [4.69, 9.17) is 10.2 Å². The maximum Gasteiger partial charge on any atom is 0.133 e. The Morgan fingerprint density at radius 2 is 2.14 bits per heavy atom. The molecule has 1 heterocycles. The summed E-state index contributed by atoms with van der Waals surface area (Å²) in [5, 5.41) is 21.2. The predicted molar refractivity (Wildman–Crippen MR) is 53.9 cm³/mol. The molecule has 0 fully saturated rings. The monoisotopic (exact) mass is 196 g/mol. The molecule has 0 aliphatic heterocycles. The van der Waals surface area contributed by atoms with Gasteiger partial charge in [0.05, 0.1) is 18.5 Å². The van der Waals surface area contributed by atoms with E-state index in [1.54, 1.807) is 12.1 Å². The summed E-state index contributed by atoms with van der Waals surface area (Å²) in [6.45, 7) is 4.47. The van der Waals surface area contributed by atoms with Gasteiger partial charge in [-0.3, -0.25) is 4.98 Å². The van der Waals surface area contributed by atoms with Crippen molar-refractivity contribution in [1.82, 2.24) is 10.3 Å². The minimum absolute atomic E-state index is 0.0745. The van der Waals surface area contributed by atoms with Gasteiger partial charge >= 0.3 is 0 Å². The summed E-state index contributed by atoms with van der Waals surface area (Å²) < 4.78 is 0. The van der Waals surface area contributed by atoms with Crippen LogP contribution in [-0.4, -0.2) is 27.3 Å². The van der Waals surface area contributed by atoms with Gasteiger partial charge in [-0.25, -0.2) is 0 Å². The lowest BCUT2D eigenvalue weighted by Crippen LogP contribution is -2.42. The van der Waals surface area contributed by atoms with E-state index in [2.05, 4.69) is 10.3 Å². The van der Waals surface area contributed by atoms with Crippen molar-refractivity contribution in [2.75, 3.05) is 6.61 Å². The fourth-order valence-corrected chi connectivity index (χ4v) is 0.907. The first-order valence-electron chi connectivity index (χ1n) is 4.53. The van der Waals surface area contributed by atoms with E-state index in [-0.39, 0.29) is 17.9 Å². The Kier molecular flexibility index (Phi) is 3.43. The standard InChI is InChI=1S/C10H16N2O2/c1-10(2,7-13)12-5-8-3-4-9(14)6-11-8/h3-4,6,12-14H,5,7H2,1-2H3. The molecule has 1 aromatic rings. The summed E-state index contributed by atoms with van der Waals surface area (Å²) >= 11 is 0. The van der Waals surface area contributed by atoms with Gasteiger partial charge in [-0.2, -0.15) is 0 Å². The number of hydrogen-bond acceptors (Lipinski definition) is 4. The molecule has 4 heteroatoms. The first-order chi connectivity index (χ1) is 6.53. The zero-order valence-electron chi connectivity index (χ0n) is 8.49.